The number of carbonyl (C=O) groups excluding carboxylic acids is 4. The lowest BCUT2D eigenvalue weighted by molar-refractivity contribution is -0.136. The first kappa shape index (κ1) is 38.8. The van der Waals surface area contributed by atoms with Crippen LogP contribution in [0.1, 0.15) is 89.4 Å². The quantitative estimate of drug-likeness (QED) is 0.224. The summed E-state index contributed by atoms with van der Waals surface area (Å²) in [5.41, 5.74) is 1.80. The highest BCUT2D eigenvalue weighted by Crippen LogP contribution is 2.37. The smallest absolute Gasteiger partial charge is 0.407 e. The maximum Gasteiger partial charge on any atom is 0.407 e. The lowest BCUT2D eigenvalue weighted by atomic mass is 10.0. The summed E-state index contributed by atoms with van der Waals surface area (Å²) in [6, 6.07) is 2.52. The number of hydrogen-bond acceptors (Lipinski definition) is 8. The topological polar surface area (TPSA) is 175 Å². The van der Waals surface area contributed by atoms with Gasteiger partial charge in [-0.2, -0.15) is 0 Å². The second-order valence-corrected chi connectivity index (χ2v) is 14.7. The number of halogens is 1. The van der Waals surface area contributed by atoms with Crippen LogP contribution in [0.5, 0.6) is 0 Å². The zero-order valence-corrected chi connectivity index (χ0v) is 31.5. The molecule has 284 valence electrons. The minimum Gasteiger partial charge on any atom is -0.453 e. The Hall–Kier alpha value is -5.39. The number of nitrogens with zero attached hydrogens (tertiary/aromatic N) is 4. The van der Waals surface area contributed by atoms with Gasteiger partial charge in [0, 0.05) is 18.7 Å². The zero-order valence-electron chi connectivity index (χ0n) is 31.5. The second kappa shape index (κ2) is 16.5. The summed E-state index contributed by atoms with van der Waals surface area (Å²) in [6.07, 6.45) is 3.20. The summed E-state index contributed by atoms with van der Waals surface area (Å²) in [5, 5.41) is 5.31. The number of H-pyrrole nitrogens is 2. The fourth-order valence-electron chi connectivity index (χ4n) is 6.99. The van der Waals surface area contributed by atoms with Crippen LogP contribution in [0.4, 0.5) is 14.0 Å². The molecule has 0 bridgehead atoms. The SMILES string of the molecule is COC(=O)NC(C(=O)N1CC(C)CC1c1ncc(C#Cc2ccc(-c3cnc(C4CC(C)CN4C(=O)C(NC(=O)OC)C(C)C)[nH]3)cc2F)[nH]1)C(C)C. The minimum atomic E-state index is -0.759. The molecule has 2 fully saturated rings. The van der Waals surface area contributed by atoms with E-state index in [1.54, 1.807) is 34.3 Å². The van der Waals surface area contributed by atoms with E-state index in [1.165, 1.54) is 20.3 Å². The standard InChI is InChI=1S/C38H49FN8O6/c1-20(2)31(44-37(50)52-7)35(48)46-18-22(5)13-29(46)33-40-16-26(42-33)12-11-24-9-10-25(15-27(24)39)28-17-41-34(43-28)30-14-23(6)19-47(30)36(49)32(21(3)4)45-38(51)53-8/h9-10,15-17,20-23,29-32H,13-14,18-19H2,1-8H3,(H,40,42)(H,41,43)(H,44,50)(H,45,51). The largest absolute Gasteiger partial charge is 0.453 e. The van der Waals surface area contributed by atoms with Crippen LogP contribution in [0, 0.1) is 41.3 Å². The van der Waals surface area contributed by atoms with Gasteiger partial charge in [-0.15, -0.1) is 0 Å². The van der Waals surface area contributed by atoms with E-state index in [-0.39, 0.29) is 53.1 Å². The van der Waals surface area contributed by atoms with Crippen molar-refractivity contribution in [2.24, 2.45) is 23.7 Å². The molecule has 4 heterocycles. The minimum absolute atomic E-state index is 0.161. The Labute approximate surface area is 309 Å². The number of imidazole rings is 2. The van der Waals surface area contributed by atoms with Crippen molar-refractivity contribution in [3.63, 3.8) is 0 Å². The highest BCUT2D eigenvalue weighted by atomic mass is 19.1. The lowest BCUT2D eigenvalue weighted by Crippen LogP contribution is -2.51. The lowest BCUT2D eigenvalue weighted by Gasteiger charge is -2.30. The summed E-state index contributed by atoms with van der Waals surface area (Å²) >= 11 is 0. The van der Waals surface area contributed by atoms with Gasteiger partial charge >= 0.3 is 12.2 Å². The van der Waals surface area contributed by atoms with Gasteiger partial charge in [-0.05, 0) is 54.6 Å². The molecule has 0 saturated carbocycles. The first-order valence-electron chi connectivity index (χ1n) is 17.9. The van der Waals surface area contributed by atoms with Crippen molar-refractivity contribution in [1.29, 1.82) is 0 Å². The number of benzene rings is 1. The second-order valence-electron chi connectivity index (χ2n) is 14.7. The monoisotopic (exact) mass is 732 g/mol. The van der Waals surface area contributed by atoms with Gasteiger partial charge in [0.25, 0.3) is 0 Å². The van der Waals surface area contributed by atoms with Crippen LogP contribution in [0.3, 0.4) is 0 Å². The van der Waals surface area contributed by atoms with Gasteiger partial charge in [0.2, 0.25) is 11.8 Å². The fourth-order valence-corrected chi connectivity index (χ4v) is 6.99. The molecule has 0 spiro atoms. The molecule has 6 atom stereocenters. The van der Waals surface area contributed by atoms with Crippen LogP contribution in [0.2, 0.25) is 0 Å². The van der Waals surface area contributed by atoms with Gasteiger partial charge in [0.05, 0.1) is 50.0 Å². The van der Waals surface area contributed by atoms with Crippen molar-refractivity contribution < 1.29 is 33.0 Å². The van der Waals surface area contributed by atoms with E-state index in [4.69, 9.17) is 9.47 Å². The molecule has 2 aromatic heterocycles. The fraction of sp³-hybridized carbons (Fsp3) is 0.526. The molecule has 0 aliphatic carbocycles. The predicted octanol–water partition coefficient (Wildman–Crippen LogP) is 4.92. The van der Waals surface area contributed by atoms with E-state index in [2.05, 4.69) is 56.3 Å². The van der Waals surface area contributed by atoms with Gasteiger partial charge in [-0.25, -0.2) is 23.9 Å². The summed E-state index contributed by atoms with van der Waals surface area (Å²) in [5.74, 6) is 6.11. The molecule has 4 amide bonds. The van der Waals surface area contributed by atoms with E-state index in [0.717, 1.165) is 0 Å². The molecule has 1 aromatic carbocycles. The zero-order chi connectivity index (χ0) is 38.6. The Morgan fingerprint density at radius 3 is 1.81 bits per heavy atom. The van der Waals surface area contributed by atoms with Gasteiger partial charge in [0.1, 0.15) is 35.2 Å². The maximum absolute atomic E-state index is 15.4. The molecule has 5 rings (SSSR count). The van der Waals surface area contributed by atoms with Gasteiger partial charge in [-0.3, -0.25) is 9.59 Å². The van der Waals surface area contributed by atoms with Crippen molar-refractivity contribution in [3.05, 3.63) is 59.3 Å². The predicted molar refractivity (Wildman–Crippen MR) is 193 cm³/mol. The van der Waals surface area contributed by atoms with Crippen LogP contribution in [-0.4, -0.2) is 93.1 Å². The maximum atomic E-state index is 15.4. The Bertz CT molecular complexity index is 1880. The molecular formula is C38H49FN8O6. The first-order chi connectivity index (χ1) is 25.2. The molecule has 0 radical (unpaired) electrons. The summed E-state index contributed by atoms with van der Waals surface area (Å²) < 4.78 is 24.9. The number of rotatable bonds is 9. The molecule has 15 heteroatoms. The van der Waals surface area contributed by atoms with E-state index < -0.39 is 30.1 Å². The van der Waals surface area contributed by atoms with Crippen molar-refractivity contribution >= 4 is 24.0 Å². The van der Waals surface area contributed by atoms with Gasteiger partial charge in [0.15, 0.2) is 0 Å². The average Bonchev–Trinajstić information content (AvgIpc) is 3.94. The number of aromatic nitrogens is 4. The van der Waals surface area contributed by atoms with E-state index in [0.29, 0.717) is 54.5 Å². The van der Waals surface area contributed by atoms with Crippen LogP contribution in [0.15, 0.2) is 30.6 Å². The number of ether oxygens (including phenoxy) is 2. The van der Waals surface area contributed by atoms with E-state index in [1.807, 2.05) is 27.7 Å². The Morgan fingerprint density at radius 1 is 0.811 bits per heavy atom. The molecule has 2 aliphatic rings. The number of alkyl carbamates (subject to hydrolysis) is 2. The number of methoxy groups -OCH3 is 2. The number of nitrogens with one attached hydrogen (secondary N) is 4. The normalized spacial score (nSPS) is 20.9. The number of aromatic amines is 2. The molecule has 4 N–H and O–H groups in total. The Morgan fingerprint density at radius 2 is 1.32 bits per heavy atom. The van der Waals surface area contributed by atoms with Gasteiger partial charge < -0.3 is 39.9 Å². The van der Waals surface area contributed by atoms with Crippen LogP contribution in [0.25, 0.3) is 11.3 Å². The molecule has 2 aliphatic heterocycles. The van der Waals surface area contributed by atoms with Crippen molar-refractivity contribution in [1.82, 2.24) is 40.4 Å². The summed E-state index contributed by atoms with van der Waals surface area (Å²) in [4.78, 5) is 70.1. The molecule has 14 nitrogen and oxygen atoms in total. The van der Waals surface area contributed by atoms with Gasteiger partial charge in [-0.1, -0.05) is 53.5 Å². The molecule has 6 unspecified atom stereocenters. The summed E-state index contributed by atoms with van der Waals surface area (Å²) in [7, 11) is 2.52. The average molecular weight is 733 g/mol. The molecular weight excluding hydrogens is 683 g/mol. The number of likely N-dealkylation sites (tertiary alicyclic amines) is 2. The Kier molecular flexibility index (Phi) is 12.1. The van der Waals surface area contributed by atoms with Crippen molar-refractivity contribution in [2.45, 2.75) is 78.6 Å². The third-order valence-electron chi connectivity index (χ3n) is 9.80. The van der Waals surface area contributed by atoms with E-state index in [9.17, 15) is 19.2 Å². The molecule has 2 saturated heterocycles. The van der Waals surface area contributed by atoms with E-state index >= 15 is 4.39 Å². The first-order valence-corrected chi connectivity index (χ1v) is 17.9. The summed E-state index contributed by atoms with van der Waals surface area (Å²) in [6.45, 7) is 12.6. The van der Waals surface area contributed by atoms with Crippen LogP contribution in [-0.2, 0) is 19.1 Å². The number of carbonyl (C=O) groups is 4. The molecule has 3 aromatic rings. The van der Waals surface area contributed by atoms with Crippen molar-refractivity contribution in [2.75, 3.05) is 27.3 Å². The Balaban J connectivity index is 1.29. The van der Waals surface area contributed by atoms with Crippen molar-refractivity contribution in [3.8, 4) is 23.1 Å². The van der Waals surface area contributed by atoms with Crippen LogP contribution < -0.4 is 10.6 Å². The highest BCUT2D eigenvalue weighted by Gasteiger charge is 2.41. The molecule has 53 heavy (non-hydrogen) atoms. The number of hydrogen-bond donors (Lipinski definition) is 4. The third-order valence-corrected chi connectivity index (χ3v) is 9.80. The number of amides is 4. The van der Waals surface area contributed by atoms with Crippen LogP contribution >= 0.6 is 0 Å². The third kappa shape index (κ3) is 8.81. The highest BCUT2D eigenvalue weighted by molar-refractivity contribution is 5.87.